The van der Waals surface area contributed by atoms with Crippen molar-refractivity contribution >= 4 is 0 Å². The largest absolute Gasteiger partial charge is 0.0628 e. The molecule has 0 aromatic rings. The normalized spacial score (nSPS) is 20.0. The molecule has 0 aliphatic heterocycles. The van der Waals surface area contributed by atoms with Crippen molar-refractivity contribution in [1.29, 1.82) is 0 Å². The quantitative estimate of drug-likeness (QED) is 0.556. The Morgan fingerprint density at radius 3 is 2.25 bits per heavy atom. The van der Waals surface area contributed by atoms with E-state index in [1.54, 1.807) is 0 Å². The zero-order valence-corrected chi connectivity index (χ0v) is 8.90. The molecule has 0 spiro atoms. The van der Waals surface area contributed by atoms with E-state index in [0.29, 0.717) is 0 Å². The zero-order valence-electron chi connectivity index (χ0n) is 8.90. The fraction of sp³-hybridized carbons (Fsp3) is 0.917. The molecule has 0 saturated heterocycles. The van der Waals surface area contributed by atoms with Gasteiger partial charge in [-0.25, -0.2) is 0 Å². The molecule has 71 valence electrons. The van der Waals surface area contributed by atoms with Crippen LogP contribution in [0.2, 0.25) is 0 Å². The van der Waals surface area contributed by atoms with Gasteiger partial charge in [0.15, 0.2) is 0 Å². The van der Waals surface area contributed by atoms with Crippen LogP contribution in [0.1, 0.15) is 59.3 Å². The molecule has 0 aromatic heterocycles. The predicted octanol–water partition coefficient (Wildman–Crippen LogP) is 4.21. The lowest BCUT2D eigenvalue weighted by molar-refractivity contribution is 0.451. The summed E-state index contributed by atoms with van der Waals surface area (Å²) in [5.41, 5.74) is 0. The van der Waals surface area contributed by atoms with Crippen LogP contribution >= 0.6 is 0 Å². The smallest absolute Gasteiger partial charge is 0.0238 e. The first-order valence-corrected chi connectivity index (χ1v) is 5.52. The van der Waals surface area contributed by atoms with Crippen LogP contribution in [0.3, 0.4) is 0 Å². The average molecular weight is 167 g/mol. The summed E-state index contributed by atoms with van der Waals surface area (Å²) in [4.78, 5) is 0. The molecule has 1 unspecified atom stereocenters. The van der Waals surface area contributed by atoms with Crippen LogP contribution in [-0.2, 0) is 0 Å². The summed E-state index contributed by atoms with van der Waals surface area (Å²) in [5, 5.41) is 0. The van der Waals surface area contributed by atoms with E-state index in [9.17, 15) is 0 Å². The third-order valence-electron chi connectivity index (χ3n) is 2.72. The standard InChI is InChI=1S/C12H23/c1-10(2)5-4-6-11(3)9-12-7-8-12/h10-11H,4-9H2,1-3H3. The lowest BCUT2D eigenvalue weighted by Gasteiger charge is -2.10. The SMILES string of the molecule is CC(C)CCCC(C)C[C]1CC1. The highest BCUT2D eigenvalue weighted by Crippen LogP contribution is 2.38. The van der Waals surface area contributed by atoms with Crippen molar-refractivity contribution in [2.45, 2.75) is 59.3 Å². The Labute approximate surface area is 77.7 Å². The molecule has 1 rings (SSSR count). The van der Waals surface area contributed by atoms with E-state index < -0.39 is 0 Å². The van der Waals surface area contributed by atoms with Crippen LogP contribution < -0.4 is 0 Å². The summed E-state index contributed by atoms with van der Waals surface area (Å²) in [7, 11) is 0. The summed E-state index contributed by atoms with van der Waals surface area (Å²) >= 11 is 0. The minimum atomic E-state index is 0.894. The molecule has 1 radical (unpaired) electrons. The van der Waals surface area contributed by atoms with Crippen molar-refractivity contribution in [3.63, 3.8) is 0 Å². The Morgan fingerprint density at radius 1 is 1.08 bits per heavy atom. The maximum atomic E-state index is 2.41. The van der Waals surface area contributed by atoms with Gasteiger partial charge in [-0.1, -0.05) is 40.0 Å². The highest BCUT2D eigenvalue weighted by Gasteiger charge is 2.23. The van der Waals surface area contributed by atoms with Crippen molar-refractivity contribution in [2.75, 3.05) is 0 Å². The van der Waals surface area contributed by atoms with Gasteiger partial charge in [0, 0.05) is 0 Å². The van der Waals surface area contributed by atoms with Crippen molar-refractivity contribution in [2.24, 2.45) is 11.8 Å². The van der Waals surface area contributed by atoms with E-state index in [1.807, 2.05) is 5.92 Å². The van der Waals surface area contributed by atoms with Crippen molar-refractivity contribution < 1.29 is 0 Å². The fourth-order valence-corrected chi connectivity index (χ4v) is 1.76. The van der Waals surface area contributed by atoms with E-state index in [-0.39, 0.29) is 0 Å². The molecular formula is C12H23. The van der Waals surface area contributed by atoms with Crippen LogP contribution in [-0.4, -0.2) is 0 Å². The number of hydrogen-bond acceptors (Lipinski definition) is 0. The van der Waals surface area contributed by atoms with Crippen LogP contribution in [0.15, 0.2) is 0 Å². The van der Waals surface area contributed by atoms with Crippen LogP contribution in [0.25, 0.3) is 0 Å². The minimum Gasteiger partial charge on any atom is -0.0628 e. The van der Waals surface area contributed by atoms with Crippen molar-refractivity contribution in [3.05, 3.63) is 5.92 Å². The molecule has 1 aliphatic carbocycles. The van der Waals surface area contributed by atoms with Crippen molar-refractivity contribution in [1.82, 2.24) is 0 Å². The summed E-state index contributed by atoms with van der Waals surface area (Å²) < 4.78 is 0. The summed E-state index contributed by atoms with van der Waals surface area (Å²) in [6, 6.07) is 0. The zero-order chi connectivity index (χ0) is 8.97. The lowest BCUT2D eigenvalue weighted by atomic mass is 9.95. The first-order valence-electron chi connectivity index (χ1n) is 5.52. The fourth-order valence-electron chi connectivity index (χ4n) is 1.76. The Kier molecular flexibility index (Phi) is 4.11. The van der Waals surface area contributed by atoms with Gasteiger partial charge in [-0.3, -0.25) is 0 Å². The molecule has 0 amide bonds. The third-order valence-corrected chi connectivity index (χ3v) is 2.72. The first kappa shape index (κ1) is 10.1. The molecular weight excluding hydrogens is 144 g/mol. The molecule has 0 heterocycles. The Bertz CT molecular complexity index is 111. The second-order valence-corrected chi connectivity index (χ2v) is 4.88. The van der Waals surface area contributed by atoms with Crippen LogP contribution in [0.5, 0.6) is 0 Å². The van der Waals surface area contributed by atoms with Crippen molar-refractivity contribution in [3.8, 4) is 0 Å². The first-order chi connectivity index (χ1) is 5.68. The van der Waals surface area contributed by atoms with E-state index >= 15 is 0 Å². The van der Waals surface area contributed by atoms with Gasteiger partial charge < -0.3 is 0 Å². The molecule has 0 aromatic carbocycles. The monoisotopic (exact) mass is 167 g/mol. The maximum Gasteiger partial charge on any atom is -0.0238 e. The molecule has 12 heavy (non-hydrogen) atoms. The van der Waals surface area contributed by atoms with Gasteiger partial charge in [0.05, 0.1) is 0 Å². The van der Waals surface area contributed by atoms with E-state index in [2.05, 4.69) is 20.8 Å². The average Bonchev–Trinajstić information content (AvgIpc) is 2.70. The summed E-state index contributed by atoms with van der Waals surface area (Å²) in [6.45, 7) is 7.05. The van der Waals surface area contributed by atoms with Gasteiger partial charge in [-0.2, -0.15) is 0 Å². The van der Waals surface area contributed by atoms with E-state index in [4.69, 9.17) is 0 Å². The molecule has 1 atom stereocenters. The summed E-state index contributed by atoms with van der Waals surface area (Å²) in [6.07, 6.45) is 8.61. The number of rotatable bonds is 6. The second kappa shape index (κ2) is 4.89. The number of hydrogen-bond donors (Lipinski definition) is 0. The summed E-state index contributed by atoms with van der Waals surface area (Å²) in [5.74, 6) is 3.68. The Hall–Kier alpha value is 0. The van der Waals surface area contributed by atoms with E-state index in [0.717, 1.165) is 11.8 Å². The molecule has 1 fully saturated rings. The highest BCUT2D eigenvalue weighted by atomic mass is 14.3. The Morgan fingerprint density at radius 2 is 1.75 bits per heavy atom. The molecule has 0 N–H and O–H groups in total. The minimum absolute atomic E-state index is 0.894. The molecule has 1 aliphatic rings. The lowest BCUT2D eigenvalue weighted by Crippen LogP contribution is -1.96. The predicted molar refractivity (Wildman–Crippen MR) is 54.9 cm³/mol. The third kappa shape index (κ3) is 4.79. The molecule has 0 bridgehead atoms. The topological polar surface area (TPSA) is 0 Å². The highest BCUT2D eigenvalue weighted by molar-refractivity contribution is 5.05. The van der Waals surface area contributed by atoms with Crippen LogP contribution in [0.4, 0.5) is 0 Å². The van der Waals surface area contributed by atoms with Gasteiger partial charge in [0.1, 0.15) is 0 Å². The second-order valence-electron chi connectivity index (χ2n) is 4.88. The molecule has 0 nitrogen and oxygen atoms in total. The molecule has 0 heteroatoms. The van der Waals surface area contributed by atoms with E-state index in [1.165, 1.54) is 38.5 Å². The maximum absolute atomic E-state index is 2.41. The van der Waals surface area contributed by atoms with Gasteiger partial charge in [0.25, 0.3) is 0 Å². The molecule has 1 saturated carbocycles. The van der Waals surface area contributed by atoms with Gasteiger partial charge in [-0.05, 0) is 37.0 Å². The van der Waals surface area contributed by atoms with Gasteiger partial charge in [-0.15, -0.1) is 0 Å². The van der Waals surface area contributed by atoms with Crippen LogP contribution in [0, 0.1) is 17.8 Å². The van der Waals surface area contributed by atoms with Gasteiger partial charge in [0.2, 0.25) is 0 Å². The van der Waals surface area contributed by atoms with Gasteiger partial charge >= 0.3 is 0 Å². The Balaban J connectivity index is 1.90.